The van der Waals surface area contributed by atoms with Gasteiger partial charge < -0.3 is 4.98 Å². The fourth-order valence-corrected chi connectivity index (χ4v) is 1.93. The molecule has 2 nitrogen and oxygen atoms in total. The quantitative estimate of drug-likeness (QED) is 0.699. The Bertz CT molecular complexity index is 376. The number of aromatic nitrogens is 1. The third kappa shape index (κ3) is 1.41. The summed E-state index contributed by atoms with van der Waals surface area (Å²) in [7, 11) is 0. The molecule has 1 aromatic rings. The van der Waals surface area contributed by atoms with Crippen LogP contribution in [0, 0.1) is 0 Å². The molecule has 0 spiro atoms. The van der Waals surface area contributed by atoms with Crippen molar-refractivity contribution < 1.29 is 0 Å². The van der Waals surface area contributed by atoms with Crippen molar-refractivity contribution in [2.75, 3.05) is 0 Å². The summed E-state index contributed by atoms with van der Waals surface area (Å²) in [6.07, 6.45) is 3.18. The van der Waals surface area contributed by atoms with Crippen molar-refractivity contribution in [3.8, 4) is 0 Å². The lowest BCUT2D eigenvalue weighted by atomic mass is 10.1. The van der Waals surface area contributed by atoms with E-state index in [0.29, 0.717) is 5.92 Å². The number of hydrogen-bond acceptors (Lipinski definition) is 1. The third-order valence-corrected chi connectivity index (χ3v) is 2.74. The first-order valence-corrected chi connectivity index (χ1v) is 4.93. The topological polar surface area (TPSA) is 32.9 Å². The van der Waals surface area contributed by atoms with Gasteiger partial charge in [-0.15, -0.1) is 0 Å². The molecule has 70 valence electrons. The van der Waals surface area contributed by atoms with E-state index in [1.54, 1.807) is 0 Å². The summed E-state index contributed by atoms with van der Waals surface area (Å²) in [6.45, 7) is 4.21. The molecule has 0 amide bonds. The summed E-state index contributed by atoms with van der Waals surface area (Å²) in [5.41, 5.74) is 3.50. The second-order valence-corrected chi connectivity index (χ2v) is 4.07. The van der Waals surface area contributed by atoms with Gasteiger partial charge in [0, 0.05) is 11.3 Å². The Hall–Kier alpha value is -1.05. The third-order valence-electron chi connectivity index (χ3n) is 2.74. The molecule has 2 heteroatoms. The molecule has 0 atom stereocenters. The predicted octanol–water partition coefficient (Wildman–Crippen LogP) is 1.99. The van der Waals surface area contributed by atoms with Crippen molar-refractivity contribution in [3.63, 3.8) is 0 Å². The minimum atomic E-state index is 0.138. The summed E-state index contributed by atoms with van der Waals surface area (Å²) < 4.78 is 0. The van der Waals surface area contributed by atoms with Crippen LogP contribution in [0.15, 0.2) is 10.9 Å². The highest BCUT2D eigenvalue weighted by atomic mass is 16.1. The van der Waals surface area contributed by atoms with Gasteiger partial charge in [-0.3, -0.25) is 4.79 Å². The highest BCUT2D eigenvalue weighted by Crippen LogP contribution is 2.21. The van der Waals surface area contributed by atoms with E-state index >= 15 is 0 Å². The Balaban J connectivity index is 2.56. The van der Waals surface area contributed by atoms with Crippen LogP contribution in [-0.4, -0.2) is 4.98 Å². The number of nitrogens with one attached hydrogen (secondary N) is 1. The van der Waals surface area contributed by atoms with Gasteiger partial charge >= 0.3 is 0 Å². The fraction of sp³-hybridized carbons (Fsp3) is 0.545. The van der Waals surface area contributed by atoms with Crippen LogP contribution in [-0.2, 0) is 12.8 Å². The Morgan fingerprint density at radius 1 is 1.38 bits per heavy atom. The van der Waals surface area contributed by atoms with Crippen molar-refractivity contribution in [1.82, 2.24) is 4.98 Å². The van der Waals surface area contributed by atoms with Crippen LogP contribution < -0.4 is 5.56 Å². The molecule has 0 radical (unpaired) electrons. The molecule has 0 fully saturated rings. The summed E-state index contributed by atoms with van der Waals surface area (Å²) in [5.74, 6) is 0.415. The Labute approximate surface area is 78.0 Å². The highest BCUT2D eigenvalue weighted by Gasteiger charge is 2.15. The van der Waals surface area contributed by atoms with Crippen molar-refractivity contribution >= 4 is 0 Å². The maximum absolute atomic E-state index is 11.6. The van der Waals surface area contributed by atoms with Crippen molar-refractivity contribution in [2.45, 2.75) is 39.0 Å². The standard InChI is InChI=1S/C11H15NO/c1-7(2)10-6-8-4-3-5-9(8)11(13)12-10/h6-7H,3-5H2,1-2H3,(H,12,13). The summed E-state index contributed by atoms with van der Waals surface area (Å²) >= 11 is 0. The largest absolute Gasteiger partial charge is 0.326 e. The van der Waals surface area contributed by atoms with Crippen molar-refractivity contribution in [3.05, 3.63) is 33.2 Å². The average molecular weight is 177 g/mol. The number of hydrogen-bond donors (Lipinski definition) is 1. The van der Waals surface area contributed by atoms with Gasteiger partial charge in [-0.05, 0) is 36.8 Å². The molecule has 2 rings (SSSR count). The zero-order chi connectivity index (χ0) is 9.42. The van der Waals surface area contributed by atoms with Gasteiger partial charge in [0.1, 0.15) is 0 Å². The molecule has 1 heterocycles. The van der Waals surface area contributed by atoms with E-state index in [1.807, 2.05) is 0 Å². The van der Waals surface area contributed by atoms with E-state index in [0.717, 1.165) is 30.5 Å². The molecule has 0 aliphatic heterocycles. The Morgan fingerprint density at radius 3 is 2.85 bits per heavy atom. The van der Waals surface area contributed by atoms with Crippen LogP contribution in [0.3, 0.4) is 0 Å². The maximum Gasteiger partial charge on any atom is 0.251 e. The fourth-order valence-electron chi connectivity index (χ4n) is 1.93. The molecule has 0 bridgehead atoms. The Kier molecular flexibility index (Phi) is 1.98. The molecule has 1 N–H and O–H groups in total. The Morgan fingerprint density at radius 2 is 2.15 bits per heavy atom. The van der Waals surface area contributed by atoms with Crippen LogP contribution in [0.5, 0.6) is 0 Å². The smallest absolute Gasteiger partial charge is 0.251 e. The van der Waals surface area contributed by atoms with Crippen LogP contribution >= 0.6 is 0 Å². The minimum absolute atomic E-state index is 0.138. The number of rotatable bonds is 1. The number of pyridine rings is 1. The highest BCUT2D eigenvalue weighted by molar-refractivity contribution is 5.31. The molecule has 0 saturated carbocycles. The van der Waals surface area contributed by atoms with Gasteiger partial charge in [0.25, 0.3) is 5.56 Å². The minimum Gasteiger partial charge on any atom is -0.326 e. The second kappa shape index (κ2) is 3.02. The molecule has 1 aliphatic carbocycles. The van der Waals surface area contributed by atoms with E-state index in [9.17, 15) is 4.79 Å². The van der Waals surface area contributed by atoms with E-state index in [4.69, 9.17) is 0 Å². The van der Waals surface area contributed by atoms with Gasteiger partial charge in [-0.2, -0.15) is 0 Å². The molecule has 13 heavy (non-hydrogen) atoms. The van der Waals surface area contributed by atoms with Gasteiger partial charge in [-0.25, -0.2) is 0 Å². The zero-order valence-electron chi connectivity index (χ0n) is 8.18. The van der Waals surface area contributed by atoms with Crippen LogP contribution in [0.25, 0.3) is 0 Å². The van der Waals surface area contributed by atoms with Crippen LogP contribution in [0.2, 0.25) is 0 Å². The first-order chi connectivity index (χ1) is 6.18. The summed E-state index contributed by atoms with van der Waals surface area (Å²) in [5, 5.41) is 0. The molecule has 1 aliphatic rings. The normalized spacial score (nSPS) is 15.0. The first kappa shape index (κ1) is 8.54. The average Bonchev–Trinajstić information content (AvgIpc) is 2.51. The molecular weight excluding hydrogens is 162 g/mol. The lowest BCUT2D eigenvalue weighted by molar-refractivity contribution is 0.810. The van der Waals surface area contributed by atoms with Crippen LogP contribution in [0.4, 0.5) is 0 Å². The van der Waals surface area contributed by atoms with Gasteiger partial charge in [0.2, 0.25) is 0 Å². The monoisotopic (exact) mass is 177 g/mol. The van der Waals surface area contributed by atoms with E-state index in [-0.39, 0.29) is 5.56 Å². The predicted molar refractivity (Wildman–Crippen MR) is 53.2 cm³/mol. The number of aryl methyl sites for hydroxylation is 1. The van der Waals surface area contributed by atoms with E-state index in [1.165, 1.54) is 5.56 Å². The molecule has 0 aromatic carbocycles. The maximum atomic E-state index is 11.6. The molecule has 0 saturated heterocycles. The number of fused-ring (bicyclic) bond motifs is 1. The van der Waals surface area contributed by atoms with E-state index in [2.05, 4.69) is 24.9 Å². The molecule has 1 aromatic heterocycles. The summed E-state index contributed by atoms with van der Waals surface area (Å²) in [4.78, 5) is 14.5. The van der Waals surface area contributed by atoms with Gasteiger partial charge in [-0.1, -0.05) is 13.8 Å². The number of aromatic amines is 1. The van der Waals surface area contributed by atoms with Crippen LogP contribution in [0.1, 0.15) is 43.0 Å². The SMILES string of the molecule is CC(C)c1cc2c(c(=O)[nH]1)CCC2. The zero-order valence-corrected chi connectivity index (χ0v) is 8.18. The number of H-pyrrole nitrogens is 1. The van der Waals surface area contributed by atoms with E-state index < -0.39 is 0 Å². The molecule has 0 unspecified atom stereocenters. The van der Waals surface area contributed by atoms with Gasteiger partial charge in [0.05, 0.1) is 0 Å². The van der Waals surface area contributed by atoms with Crippen molar-refractivity contribution in [1.29, 1.82) is 0 Å². The summed E-state index contributed by atoms with van der Waals surface area (Å²) in [6, 6.07) is 2.16. The first-order valence-electron chi connectivity index (χ1n) is 4.93. The second-order valence-electron chi connectivity index (χ2n) is 4.07. The van der Waals surface area contributed by atoms with Crippen molar-refractivity contribution in [2.24, 2.45) is 0 Å². The lowest BCUT2D eigenvalue weighted by Crippen LogP contribution is -2.15. The lowest BCUT2D eigenvalue weighted by Gasteiger charge is -2.07. The molecular formula is C11H15NO. The van der Waals surface area contributed by atoms with Gasteiger partial charge in [0.15, 0.2) is 0 Å².